The van der Waals surface area contributed by atoms with E-state index in [1.54, 1.807) is 0 Å². The van der Waals surface area contributed by atoms with E-state index in [2.05, 4.69) is 53.6 Å². The lowest BCUT2D eigenvalue weighted by Gasteiger charge is -2.59. The predicted molar refractivity (Wildman–Crippen MR) is 233 cm³/mol. The van der Waals surface area contributed by atoms with Crippen molar-refractivity contribution in [3.8, 4) is 11.1 Å². The fourth-order valence-corrected chi connectivity index (χ4v) is 11.6. The van der Waals surface area contributed by atoms with Gasteiger partial charge in [0.25, 0.3) is 5.91 Å². The van der Waals surface area contributed by atoms with Crippen LogP contribution >= 0.6 is 11.3 Å². The second kappa shape index (κ2) is 15.7. The molecule has 2 aromatic carbocycles. The van der Waals surface area contributed by atoms with Gasteiger partial charge in [-0.3, -0.25) is 14.8 Å². The maximum Gasteiger partial charge on any atom is 0.358 e. The number of pyridine rings is 1. The number of para-hydroxylation sites is 1. The number of nitrogens with one attached hydrogen (secondary N) is 1. The fraction of sp³-hybridized carbons (Fsp3) is 0.511. The largest absolute Gasteiger partial charge is 0.455 e. The third-order valence-electron chi connectivity index (χ3n) is 12.8. The number of hydrogen-bond acceptors (Lipinski definition) is 10. The van der Waals surface area contributed by atoms with Crippen molar-refractivity contribution in [1.82, 2.24) is 19.7 Å². The summed E-state index contributed by atoms with van der Waals surface area (Å²) in [5, 5.41) is 18.3. The Kier molecular flexibility index (Phi) is 11.0. The Labute approximate surface area is 351 Å². The maximum atomic E-state index is 14.0. The highest BCUT2D eigenvalue weighted by Crippen LogP contribution is 2.61. The lowest BCUT2D eigenvalue weighted by Crippen LogP contribution is -2.55. The normalized spacial score (nSPS) is 24.2. The molecule has 2 fully saturated rings. The molecular weight excluding hydrogens is 761 g/mol. The number of fused-ring (bicyclic) bond motifs is 4. The number of benzene rings is 2. The average Bonchev–Trinajstić information content (AvgIpc) is 3.76. The Hall–Kier alpha value is -4.65. The van der Waals surface area contributed by atoms with Crippen LogP contribution in [0.3, 0.4) is 0 Å². The van der Waals surface area contributed by atoms with Gasteiger partial charge in [-0.25, -0.2) is 14.8 Å². The second-order valence-corrected chi connectivity index (χ2v) is 20.0. The van der Waals surface area contributed by atoms with Crippen LogP contribution in [0.15, 0.2) is 60.8 Å². The number of hydrogen-bond donors (Lipinski definition) is 2. The molecule has 1 amide bonds. The lowest BCUT2D eigenvalue weighted by molar-refractivity contribution is -0.182. The van der Waals surface area contributed by atoms with Crippen LogP contribution in [0.4, 0.5) is 10.9 Å². The standard InChI is InChI=1S/C47H58N6O5S/c1-8-45(6)27-46(7)22-31(23-47(28-45,29-46)57-21-20-54)25-53-30(2)35(24-48-53)33-16-17-39(50-40(33)42(56)58-44(3,4)5)52-19-18-32-12-11-13-34(36(32)26-52)41(55)51-43-49-37-14-9-10-15-38(37)59-43/h9-17,24,31,54H,8,18-23,25-29H2,1-7H3,(H,49,51,55). The van der Waals surface area contributed by atoms with Crippen LogP contribution in [0.25, 0.3) is 21.3 Å². The fourth-order valence-electron chi connectivity index (χ4n) is 10.7. The van der Waals surface area contributed by atoms with Gasteiger partial charge >= 0.3 is 5.97 Å². The quantitative estimate of drug-likeness (QED) is 0.125. The summed E-state index contributed by atoms with van der Waals surface area (Å²) >= 11 is 1.45. The molecule has 11 nitrogen and oxygen atoms in total. The molecule has 3 aromatic heterocycles. The minimum absolute atomic E-state index is 0.0233. The Morgan fingerprint density at radius 3 is 2.58 bits per heavy atom. The van der Waals surface area contributed by atoms with E-state index in [-0.39, 0.29) is 34.6 Å². The summed E-state index contributed by atoms with van der Waals surface area (Å²) in [7, 11) is 0. The number of aliphatic hydroxyl groups excluding tert-OH is 1. The molecule has 3 aliphatic rings. The molecule has 2 bridgehead atoms. The SMILES string of the molecule is CCC1(C)CC2(C)CC(Cn3ncc(-c4ccc(N5CCc6cccc(C(=O)Nc7nc8ccccc8s7)c6C5)nc4C(=O)OC(C)(C)C)c3C)CC(OCCO)(C1)C2. The molecule has 0 saturated heterocycles. The number of ether oxygens (including phenoxy) is 2. The van der Waals surface area contributed by atoms with E-state index in [1.807, 2.05) is 75.5 Å². The van der Waals surface area contributed by atoms with E-state index in [0.29, 0.717) is 47.7 Å². The van der Waals surface area contributed by atoms with E-state index < -0.39 is 11.6 Å². The molecule has 8 rings (SSSR count). The number of nitrogens with zero attached hydrogens (tertiary/aromatic N) is 5. The zero-order valence-corrected chi connectivity index (χ0v) is 36.4. The third-order valence-corrected chi connectivity index (χ3v) is 13.8. The molecule has 59 heavy (non-hydrogen) atoms. The summed E-state index contributed by atoms with van der Waals surface area (Å²) in [6.07, 6.45) is 8.89. The van der Waals surface area contributed by atoms with Gasteiger partial charge in [0.05, 0.1) is 35.2 Å². The topological polar surface area (TPSA) is 132 Å². The summed E-state index contributed by atoms with van der Waals surface area (Å²) in [4.78, 5) is 39.6. The van der Waals surface area contributed by atoms with Gasteiger partial charge in [-0.05, 0) is 124 Å². The van der Waals surface area contributed by atoms with Gasteiger partial charge in [0.1, 0.15) is 11.4 Å². The highest BCUT2D eigenvalue weighted by atomic mass is 32.1. The van der Waals surface area contributed by atoms with E-state index in [4.69, 9.17) is 19.6 Å². The van der Waals surface area contributed by atoms with E-state index in [9.17, 15) is 14.7 Å². The first-order valence-electron chi connectivity index (χ1n) is 21.1. The molecule has 4 unspecified atom stereocenters. The summed E-state index contributed by atoms with van der Waals surface area (Å²) in [5.74, 6) is 0.290. The molecule has 1 aliphatic heterocycles. The molecule has 4 atom stereocenters. The van der Waals surface area contributed by atoms with Gasteiger partial charge in [-0.15, -0.1) is 0 Å². The monoisotopic (exact) mass is 818 g/mol. The number of carbonyl (C=O) groups excluding carboxylic acids is 2. The number of carbonyl (C=O) groups is 2. The van der Waals surface area contributed by atoms with Crippen molar-refractivity contribution in [3.63, 3.8) is 0 Å². The number of thiazole rings is 1. The van der Waals surface area contributed by atoms with Gasteiger partial charge in [-0.2, -0.15) is 5.10 Å². The van der Waals surface area contributed by atoms with Crippen LogP contribution in [0.2, 0.25) is 0 Å². The Morgan fingerprint density at radius 2 is 1.81 bits per heavy atom. The molecule has 2 aliphatic carbocycles. The van der Waals surface area contributed by atoms with Crippen LogP contribution in [-0.4, -0.2) is 67.7 Å². The third kappa shape index (κ3) is 8.54. The Balaban J connectivity index is 1.06. The van der Waals surface area contributed by atoms with Crippen molar-refractivity contribution in [1.29, 1.82) is 0 Å². The summed E-state index contributed by atoms with van der Waals surface area (Å²) in [5.41, 5.74) is 5.59. The van der Waals surface area contributed by atoms with Crippen molar-refractivity contribution in [2.45, 2.75) is 118 Å². The van der Waals surface area contributed by atoms with Crippen molar-refractivity contribution in [2.24, 2.45) is 16.7 Å². The first-order chi connectivity index (χ1) is 28.1. The van der Waals surface area contributed by atoms with Gasteiger partial charge in [0.2, 0.25) is 0 Å². The van der Waals surface area contributed by atoms with Gasteiger partial charge in [-0.1, -0.05) is 62.8 Å². The first kappa shape index (κ1) is 41.1. The number of amides is 1. The highest BCUT2D eigenvalue weighted by molar-refractivity contribution is 7.22. The molecule has 4 heterocycles. The summed E-state index contributed by atoms with van der Waals surface area (Å²) < 4.78 is 15.6. The number of esters is 1. The van der Waals surface area contributed by atoms with E-state index in [0.717, 1.165) is 77.7 Å². The highest BCUT2D eigenvalue weighted by Gasteiger charge is 2.55. The number of anilines is 2. The minimum atomic E-state index is -0.724. The van der Waals surface area contributed by atoms with Crippen LogP contribution in [-0.2, 0) is 29.0 Å². The van der Waals surface area contributed by atoms with Crippen LogP contribution in [0, 0.1) is 23.7 Å². The molecule has 2 saturated carbocycles. The number of aromatic nitrogens is 4. The minimum Gasteiger partial charge on any atom is -0.455 e. The number of aliphatic hydroxyl groups is 1. The van der Waals surface area contributed by atoms with Gasteiger partial charge in [0.15, 0.2) is 10.8 Å². The molecule has 0 radical (unpaired) electrons. The smallest absolute Gasteiger partial charge is 0.358 e. The summed E-state index contributed by atoms with van der Waals surface area (Å²) in [6.45, 7) is 17.0. The second-order valence-electron chi connectivity index (χ2n) is 19.0. The molecule has 5 aromatic rings. The van der Waals surface area contributed by atoms with E-state index >= 15 is 0 Å². The van der Waals surface area contributed by atoms with Crippen molar-refractivity contribution in [2.75, 3.05) is 30.0 Å². The van der Waals surface area contributed by atoms with Crippen LogP contribution in [0.5, 0.6) is 0 Å². The molecule has 312 valence electrons. The first-order valence-corrected chi connectivity index (χ1v) is 21.9. The zero-order valence-electron chi connectivity index (χ0n) is 35.6. The van der Waals surface area contributed by atoms with Crippen LogP contribution < -0.4 is 10.2 Å². The Bertz CT molecular complexity index is 2350. The van der Waals surface area contributed by atoms with Crippen LogP contribution in [0.1, 0.15) is 118 Å². The predicted octanol–water partition coefficient (Wildman–Crippen LogP) is 9.40. The van der Waals surface area contributed by atoms with Gasteiger partial charge < -0.3 is 19.5 Å². The molecular formula is C47H58N6O5S. The summed E-state index contributed by atoms with van der Waals surface area (Å²) in [6, 6.07) is 17.6. The Morgan fingerprint density at radius 1 is 1.00 bits per heavy atom. The molecule has 2 N–H and O–H groups in total. The van der Waals surface area contributed by atoms with Gasteiger partial charge in [0, 0.05) is 42.0 Å². The molecule has 12 heteroatoms. The van der Waals surface area contributed by atoms with Crippen molar-refractivity contribution >= 4 is 44.4 Å². The van der Waals surface area contributed by atoms with Crippen molar-refractivity contribution in [3.05, 3.63) is 88.9 Å². The number of rotatable bonds is 11. The van der Waals surface area contributed by atoms with Crippen molar-refractivity contribution < 1.29 is 24.2 Å². The average molecular weight is 819 g/mol. The lowest BCUT2D eigenvalue weighted by atomic mass is 9.50. The zero-order chi connectivity index (χ0) is 41.7. The maximum absolute atomic E-state index is 14.0. The molecule has 0 spiro atoms. The van der Waals surface area contributed by atoms with E-state index in [1.165, 1.54) is 17.8 Å².